The maximum absolute atomic E-state index is 12.2. The highest BCUT2D eigenvalue weighted by atomic mass is 16.6. The third-order valence-corrected chi connectivity index (χ3v) is 6.42. The monoisotopic (exact) mass is 319 g/mol. The first-order chi connectivity index (χ1) is 11.2. The molecule has 0 radical (unpaired) electrons. The van der Waals surface area contributed by atoms with E-state index in [9.17, 15) is 4.79 Å². The van der Waals surface area contributed by atoms with E-state index in [1.165, 1.54) is 51.1 Å². The molecule has 0 saturated carbocycles. The third-order valence-electron chi connectivity index (χ3n) is 6.42. The lowest BCUT2D eigenvalue weighted by Gasteiger charge is -2.43. The van der Waals surface area contributed by atoms with Crippen LogP contribution in [0.2, 0.25) is 0 Å². The van der Waals surface area contributed by atoms with Crippen molar-refractivity contribution in [2.24, 2.45) is 5.41 Å². The minimum Gasteiger partial charge on any atom is -0.450 e. The van der Waals surface area contributed by atoms with Crippen molar-refractivity contribution in [2.45, 2.75) is 57.5 Å². The van der Waals surface area contributed by atoms with E-state index < -0.39 is 0 Å². The molecule has 4 rings (SSSR count). The Labute approximate surface area is 139 Å². The quantitative estimate of drug-likeness (QED) is 0.848. The van der Waals surface area contributed by atoms with Crippen molar-refractivity contribution in [3.05, 3.63) is 11.8 Å². The Kier molecular flexibility index (Phi) is 4.00. The number of hydrogen-bond donors (Lipinski definition) is 1. The van der Waals surface area contributed by atoms with Gasteiger partial charge in [0.15, 0.2) is 0 Å². The Balaban J connectivity index is 1.41. The van der Waals surface area contributed by atoms with Crippen LogP contribution in [-0.2, 0) is 4.74 Å². The molecule has 2 unspecified atom stereocenters. The fraction of sp³-hybridized carbons (Fsp3) is 0.833. The Morgan fingerprint density at radius 3 is 2.83 bits per heavy atom. The number of nitrogens with zero attached hydrogens (tertiary/aromatic N) is 2. The van der Waals surface area contributed by atoms with Crippen LogP contribution in [0.1, 0.15) is 45.4 Å². The summed E-state index contributed by atoms with van der Waals surface area (Å²) in [4.78, 5) is 16.7. The van der Waals surface area contributed by atoms with Crippen LogP contribution in [0.25, 0.3) is 0 Å². The normalized spacial score (nSPS) is 32.3. The lowest BCUT2D eigenvalue weighted by molar-refractivity contribution is 0.0843. The summed E-state index contributed by atoms with van der Waals surface area (Å²) in [7, 11) is 0. The predicted octanol–water partition coefficient (Wildman–Crippen LogP) is 2.34. The van der Waals surface area contributed by atoms with Crippen LogP contribution < -0.4 is 5.32 Å². The highest BCUT2D eigenvalue weighted by Gasteiger charge is 2.43. The molecule has 4 aliphatic rings. The van der Waals surface area contributed by atoms with Gasteiger partial charge in [0.1, 0.15) is 0 Å². The van der Waals surface area contributed by atoms with Gasteiger partial charge < -0.3 is 15.0 Å². The van der Waals surface area contributed by atoms with E-state index in [4.69, 9.17) is 4.74 Å². The summed E-state index contributed by atoms with van der Waals surface area (Å²) >= 11 is 0. The van der Waals surface area contributed by atoms with Crippen molar-refractivity contribution in [2.75, 3.05) is 32.8 Å². The van der Waals surface area contributed by atoms with Crippen molar-refractivity contribution in [1.29, 1.82) is 0 Å². The van der Waals surface area contributed by atoms with E-state index in [0.717, 1.165) is 19.3 Å². The number of carbonyl (C=O) groups is 1. The van der Waals surface area contributed by atoms with Crippen LogP contribution in [0.5, 0.6) is 0 Å². The van der Waals surface area contributed by atoms with E-state index in [0.29, 0.717) is 18.1 Å². The van der Waals surface area contributed by atoms with Crippen LogP contribution in [0.3, 0.4) is 0 Å². The molecule has 4 heterocycles. The second-order valence-corrected chi connectivity index (χ2v) is 7.68. The Morgan fingerprint density at radius 2 is 2.17 bits per heavy atom. The zero-order valence-corrected chi connectivity index (χ0v) is 14.2. The highest BCUT2D eigenvalue weighted by molar-refractivity contribution is 5.69. The molecule has 1 spiro atoms. The summed E-state index contributed by atoms with van der Waals surface area (Å²) in [5.74, 6) is 0. The van der Waals surface area contributed by atoms with Gasteiger partial charge in [-0.1, -0.05) is 0 Å². The van der Waals surface area contributed by atoms with Gasteiger partial charge in [0.2, 0.25) is 0 Å². The average Bonchev–Trinajstić information content (AvgIpc) is 3.11. The van der Waals surface area contributed by atoms with Crippen molar-refractivity contribution in [1.82, 2.24) is 15.1 Å². The summed E-state index contributed by atoms with van der Waals surface area (Å²) in [5, 5.41) is 3.54. The molecule has 5 nitrogen and oxygen atoms in total. The van der Waals surface area contributed by atoms with Gasteiger partial charge >= 0.3 is 6.09 Å². The number of hydrogen-bond acceptors (Lipinski definition) is 4. The molecule has 3 fully saturated rings. The fourth-order valence-corrected chi connectivity index (χ4v) is 5.02. The van der Waals surface area contributed by atoms with E-state index in [1.807, 2.05) is 11.8 Å². The van der Waals surface area contributed by atoms with Gasteiger partial charge in [-0.3, -0.25) is 4.90 Å². The smallest absolute Gasteiger partial charge is 0.410 e. The van der Waals surface area contributed by atoms with E-state index in [-0.39, 0.29) is 12.1 Å². The van der Waals surface area contributed by atoms with Crippen LogP contribution >= 0.6 is 0 Å². The number of nitrogens with one attached hydrogen (secondary N) is 1. The van der Waals surface area contributed by atoms with E-state index in [1.54, 1.807) is 0 Å². The molecule has 0 aromatic rings. The van der Waals surface area contributed by atoms with Crippen molar-refractivity contribution < 1.29 is 9.53 Å². The summed E-state index contributed by atoms with van der Waals surface area (Å²) < 4.78 is 5.24. The number of piperidine rings is 1. The second kappa shape index (κ2) is 6.00. The number of ether oxygens (including phenoxy) is 1. The zero-order chi connectivity index (χ0) is 15.9. The van der Waals surface area contributed by atoms with Crippen molar-refractivity contribution >= 4 is 6.09 Å². The summed E-state index contributed by atoms with van der Waals surface area (Å²) in [6.45, 7) is 7.13. The summed E-state index contributed by atoms with van der Waals surface area (Å²) in [5.41, 5.74) is 2.06. The molecule has 0 aromatic carbocycles. The maximum atomic E-state index is 12.2. The number of amides is 1. The van der Waals surface area contributed by atoms with E-state index in [2.05, 4.69) is 16.3 Å². The first-order valence-electron chi connectivity index (χ1n) is 9.32. The van der Waals surface area contributed by atoms with Crippen LogP contribution in [-0.4, -0.2) is 60.8 Å². The van der Waals surface area contributed by atoms with Gasteiger partial charge in [0.25, 0.3) is 0 Å². The first-order valence-corrected chi connectivity index (χ1v) is 9.32. The third kappa shape index (κ3) is 2.73. The van der Waals surface area contributed by atoms with Crippen molar-refractivity contribution in [3.8, 4) is 0 Å². The van der Waals surface area contributed by atoms with Crippen LogP contribution in [0.4, 0.5) is 4.79 Å². The number of likely N-dealkylation sites (tertiary alicyclic amines) is 1. The van der Waals surface area contributed by atoms with Gasteiger partial charge in [-0.25, -0.2) is 4.79 Å². The first kappa shape index (κ1) is 15.3. The molecule has 1 N–H and O–H groups in total. The lowest BCUT2D eigenvalue weighted by Crippen LogP contribution is -2.47. The fourth-order valence-electron chi connectivity index (χ4n) is 5.02. The minimum absolute atomic E-state index is 0.120. The molecular weight excluding hydrogens is 290 g/mol. The van der Waals surface area contributed by atoms with Gasteiger partial charge in [-0.2, -0.15) is 0 Å². The largest absolute Gasteiger partial charge is 0.450 e. The molecule has 0 aromatic heterocycles. The SMILES string of the molecule is CCOC(=O)N1C2C=C(N3CCC4(CCNC4)CC3)CC1CC2. The molecule has 128 valence electrons. The van der Waals surface area contributed by atoms with Crippen LogP contribution in [0, 0.1) is 5.41 Å². The maximum Gasteiger partial charge on any atom is 0.410 e. The molecule has 23 heavy (non-hydrogen) atoms. The molecule has 1 amide bonds. The molecule has 3 saturated heterocycles. The number of rotatable bonds is 2. The number of carbonyl (C=O) groups excluding carboxylic acids is 1. The molecule has 0 aliphatic carbocycles. The van der Waals surface area contributed by atoms with Gasteiger partial charge in [-0.15, -0.1) is 0 Å². The topological polar surface area (TPSA) is 44.8 Å². The molecular formula is C18H29N3O2. The Hall–Kier alpha value is -1.23. The minimum atomic E-state index is -0.120. The summed E-state index contributed by atoms with van der Waals surface area (Å²) in [6.07, 6.45) is 9.43. The zero-order valence-electron chi connectivity index (χ0n) is 14.2. The Bertz CT molecular complexity index is 488. The molecule has 4 aliphatic heterocycles. The second-order valence-electron chi connectivity index (χ2n) is 7.68. The molecule has 2 bridgehead atoms. The molecule has 5 heteroatoms. The standard InChI is InChI=1S/C18H29N3O2/c1-2-23-17(22)21-14-3-4-15(21)12-16(11-14)20-9-6-18(7-10-20)5-8-19-13-18/h11,14-15,19H,2-10,12-13H2,1H3. The van der Waals surface area contributed by atoms with Gasteiger partial charge in [-0.05, 0) is 57.1 Å². The number of fused-ring (bicyclic) bond motifs is 2. The van der Waals surface area contributed by atoms with Gasteiger partial charge in [0.05, 0.1) is 12.6 Å². The summed E-state index contributed by atoms with van der Waals surface area (Å²) in [6, 6.07) is 0.606. The lowest BCUT2D eigenvalue weighted by atomic mass is 9.77. The van der Waals surface area contributed by atoms with Crippen molar-refractivity contribution in [3.63, 3.8) is 0 Å². The highest BCUT2D eigenvalue weighted by Crippen LogP contribution is 2.41. The van der Waals surface area contributed by atoms with Crippen LogP contribution in [0.15, 0.2) is 11.8 Å². The van der Waals surface area contributed by atoms with Gasteiger partial charge in [0, 0.05) is 37.8 Å². The Morgan fingerprint density at radius 1 is 1.35 bits per heavy atom. The predicted molar refractivity (Wildman–Crippen MR) is 89.1 cm³/mol. The average molecular weight is 319 g/mol. The molecule has 2 atom stereocenters. The van der Waals surface area contributed by atoms with E-state index >= 15 is 0 Å².